The maximum atomic E-state index is 13.2. The van der Waals surface area contributed by atoms with Crippen molar-refractivity contribution in [3.63, 3.8) is 0 Å². The summed E-state index contributed by atoms with van der Waals surface area (Å²) in [5.74, 6) is -2.42. The summed E-state index contributed by atoms with van der Waals surface area (Å²) >= 11 is 0. The van der Waals surface area contributed by atoms with E-state index in [2.05, 4.69) is 10.6 Å². The first kappa shape index (κ1) is 15.8. The van der Waals surface area contributed by atoms with Crippen molar-refractivity contribution in [1.82, 2.24) is 10.6 Å². The molecule has 0 aromatic heterocycles. The standard InChI is InChI=1S/C11H14F2N2O.ClH/c1-2-14-6-7-15-11(16)10-8(12)4-3-5-9(10)13;/h3-5,14H,2,6-7H2,1H3,(H,15,16);1H. The molecule has 0 bridgehead atoms. The average molecular weight is 265 g/mol. The molecular formula is C11H15ClF2N2O. The van der Waals surface area contributed by atoms with Gasteiger partial charge in [0, 0.05) is 13.1 Å². The van der Waals surface area contributed by atoms with Crippen LogP contribution in [0.2, 0.25) is 0 Å². The zero-order valence-electron chi connectivity index (χ0n) is 9.43. The number of hydrogen-bond acceptors (Lipinski definition) is 2. The second-order valence-electron chi connectivity index (χ2n) is 3.21. The Balaban J connectivity index is 0.00000256. The lowest BCUT2D eigenvalue weighted by atomic mass is 10.2. The predicted molar refractivity (Wildman–Crippen MR) is 64.5 cm³/mol. The molecule has 0 aliphatic rings. The molecule has 0 aliphatic carbocycles. The van der Waals surface area contributed by atoms with Gasteiger partial charge in [-0.3, -0.25) is 4.79 Å². The summed E-state index contributed by atoms with van der Waals surface area (Å²) in [6.45, 7) is 3.61. The molecule has 2 N–H and O–H groups in total. The van der Waals surface area contributed by atoms with Crippen LogP contribution in [-0.4, -0.2) is 25.5 Å². The van der Waals surface area contributed by atoms with Crippen molar-refractivity contribution >= 4 is 18.3 Å². The molecule has 3 nitrogen and oxygen atoms in total. The van der Waals surface area contributed by atoms with Crippen LogP contribution in [0.4, 0.5) is 8.78 Å². The fourth-order valence-corrected chi connectivity index (χ4v) is 1.24. The quantitative estimate of drug-likeness (QED) is 0.796. The topological polar surface area (TPSA) is 41.1 Å². The molecule has 0 atom stereocenters. The highest BCUT2D eigenvalue weighted by atomic mass is 35.5. The Labute approximate surface area is 105 Å². The van der Waals surface area contributed by atoms with Crippen LogP contribution in [-0.2, 0) is 0 Å². The molecular weight excluding hydrogens is 250 g/mol. The lowest BCUT2D eigenvalue weighted by Gasteiger charge is -2.07. The van der Waals surface area contributed by atoms with Crippen LogP contribution in [0.1, 0.15) is 17.3 Å². The molecule has 1 rings (SSSR count). The predicted octanol–water partition coefficient (Wildman–Crippen LogP) is 1.73. The van der Waals surface area contributed by atoms with E-state index in [0.29, 0.717) is 13.1 Å². The molecule has 0 radical (unpaired) electrons. The largest absolute Gasteiger partial charge is 0.351 e. The van der Waals surface area contributed by atoms with Gasteiger partial charge in [0.1, 0.15) is 17.2 Å². The number of halogens is 3. The molecule has 0 spiro atoms. The first-order valence-corrected chi connectivity index (χ1v) is 5.09. The van der Waals surface area contributed by atoms with Gasteiger partial charge in [-0.15, -0.1) is 12.4 Å². The highest BCUT2D eigenvalue weighted by Gasteiger charge is 2.15. The summed E-state index contributed by atoms with van der Waals surface area (Å²) in [5, 5.41) is 5.42. The molecule has 0 heterocycles. The second-order valence-corrected chi connectivity index (χ2v) is 3.21. The maximum Gasteiger partial charge on any atom is 0.257 e. The van der Waals surface area contributed by atoms with Gasteiger partial charge in [-0.05, 0) is 18.7 Å². The summed E-state index contributed by atoms with van der Waals surface area (Å²) in [6, 6.07) is 3.34. The minimum absolute atomic E-state index is 0. The van der Waals surface area contributed by atoms with Crippen LogP contribution in [0.25, 0.3) is 0 Å². The van der Waals surface area contributed by atoms with Gasteiger partial charge >= 0.3 is 0 Å². The van der Waals surface area contributed by atoms with Crippen molar-refractivity contribution in [3.05, 3.63) is 35.4 Å². The maximum absolute atomic E-state index is 13.2. The van der Waals surface area contributed by atoms with Gasteiger partial charge in [-0.1, -0.05) is 13.0 Å². The fraction of sp³-hybridized carbons (Fsp3) is 0.364. The number of carbonyl (C=O) groups excluding carboxylic acids is 1. The second kappa shape index (κ2) is 7.97. The molecule has 0 fully saturated rings. The number of hydrogen-bond donors (Lipinski definition) is 2. The lowest BCUT2D eigenvalue weighted by molar-refractivity contribution is 0.0945. The molecule has 1 aromatic rings. The van der Waals surface area contributed by atoms with E-state index in [1.807, 2.05) is 6.92 Å². The van der Waals surface area contributed by atoms with Gasteiger partial charge in [0.2, 0.25) is 0 Å². The van der Waals surface area contributed by atoms with Crippen LogP contribution in [0.3, 0.4) is 0 Å². The molecule has 1 aromatic carbocycles. The Morgan fingerprint density at radius 3 is 2.35 bits per heavy atom. The van der Waals surface area contributed by atoms with E-state index >= 15 is 0 Å². The van der Waals surface area contributed by atoms with Crippen molar-refractivity contribution in [2.45, 2.75) is 6.92 Å². The zero-order valence-corrected chi connectivity index (χ0v) is 10.2. The average Bonchev–Trinajstić information content (AvgIpc) is 2.24. The molecule has 0 saturated carbocycles. The van der Waals surface area contributed by atoms with Gasteiger partial charge in [0.05, 0.1) is 0 Å². The van der Waals surface area contributed by atoms with Gasteiger partial charge in [0.25, 0.3) is 5.91 Å². The molecule has 0 saturated heterocycles. The SMILES string of the molecule is CCNCCNC(=O)c1c(F)cccc1F.Cl. The Kier molecular flexibility index (Phi) is 7.41. The molecule has 0 aliphatic heterocycles. The van der Waals surface area contributed by atoms with Crippen LogP contribution in [0.5, 0.6) is 0 Å². The minimum Gasteiger partial charge on any atom is -0.351 e. The number of nitrogens with one attached hydrogen (secondary N) is 2. The number of carbonyl (C=O) groups is 1. The first-order valence-electron chi connectivity index (χ1n) is 5.09. The summed E-state index contributed by atoms with van der Waals surface area (Å²) in [5.41, 5.74) is -0.529. The number of benzene rings is 1. The smallest absolute Gasteiger partial charge is 0.257 e. The third-order valence-corrected chi connectivity index (χ3v) is 2.03. The first-order chi connectivity index (χ1) is 7.66. The van der Waals surface area contributed by atoms with Gasteiger partial charge in [-0.25, -0.2) is 8.78 Å². The normalized spacial score (nSPS) is 9.59. The van der Waals surface area contributed by atoms with Crippen molar-refractivity contribution in [3.8, 4) is 0 Å². The van der Waals surface area contributed by atoms with E-state index in [1.54, 1.807) is 0 Å². The highest BCUT2D eigenvalue weighted by Crippen LogP contribution is 2.11. The minimum atomic E-state index is -0.846. The zero-order chi connectivity index (χ0) is 12.0. The van der Waals surface area contributed by atoms with Crippen molar-refractivity contribution in [2.75, 3.05) is 19.6 Å². The Morgan fingerprint density at radius 2 is 1.82 bits per heavy atom. The van der Waals surface area contributed by atoms with E-state index < -0.39 is 23.1 Å². The van der Waals surface area contributed by atoms with E-state index in [4.69, 9.17) is 0 Å². The van der Waals surface area contributed by atoms with E-state index in [-0.39, 0.29) is 12.4 Å². The van der Waals surface area contributed by atoms with Crippen molar-refractivity contribution in [1.29, 1.82) is 0 Å². The van der Waals surface area contributed by atoms with Crippen LogP contribution >= 0.6 is 12.4 Å². The van der Waals surface area contributed by atoms with Crippen molar-refractivity contribution < 1.29 is 13.6 Å². The third-order valence-electron chi connectivity index (χ3n) is 2.03. The molecule has 0 unspecified atom stereocenters. The summed E-state index contributed by atoms with van der Waals surface area (Å²) in [6.07, 6.45) is 0. The fourth-order valence-electron chi connectivity index (χ4n) is 1.24. The number of rotatable bonds is 5. The van der Waals surface area contributed by atoms with Crippen LogP contribution < -0.4 is 10.6 Å². The summed E-state index contributed by atoms with van der Waals surface area (Å²) in [4.78, 5) is 11.4. The number of likely N-dealkylation sites (N-methyl/N-ethyl adjacent to an activating group) is 1. The van der Waals surface area contributed by atoms with E-state index in [9.17, 15) is 13.6 Å². The van der Waals surface area contributed by atoms with Gasteiger partial charge < -0.3 is 10.6 Å². The Bertz CT molecular complexity index is 354. The number of amides is 1. The Hall–Kier alpha value is -1.20. The molecule has 17 heavy (non-hydrogen) atoms. The molecule has 1 amide bonds. The summed E-state index contributed by atoms with van der Waals surface area (Å²) in [7, 11) is 0. The Morgan fingerprint density at radius 1 is 1.24 bits per heavy atom. The monoisotopic (exact) mass is 264 g/mol. The summed E-state index contributed by atoms with van der Waals surface area (Å²) < 4.78 is 26.3. The van der Waals surface area contributed by atoms with Gasteiger partial charge in [-0.2, -0.15) is 0 Å². The molecule has 96 valence electrons. The highest BCUT2D eigenvalue weighted by molar-refractivity contribution is 5.94. The van der Waals surface area contributed by atoms with Gasteiger partial charge in [0.15, 0.2) is 0 Å². The molecule has 6 heteroatoms. The lowest BCUT2D eigenvalue weighted by Crippen LogP contribution is -2.32. The van der Waals surface area contributed by atoms with Crippen LogP contribution in [0.15, 0.2) is 18.2 Å². The van der Waals surface area contributed by atoms with Crippen molar-refractivity contribution in [2.24, 2.45) is 0 Å². The third kappa shape index (κ3) is 4.66. The van der Waals surface area contributed by atoms with E-state index in [1.165, 1.54) is 6.07 Å². The van der Waals surface area contributed by atoms with Crippen LogP contribution in [0, 0.1) is 11.6 Å². The van der Waals surface area contributed by atoms with E-state index in [0.717, 1.165) is 18.7 Å².